The largest absolute Gasteiger partial charge is 0.229 e. The van der Waals surface area contributed by atoms with E-state index in [9.17, 15) is 8.42 Å². The van der Waals surface area contributed by atoms with E-state index in [2.05, 4.69) is 13.8 Å². The van der Waals surface area contributed by atoms with Crippen LogP contribution in [0.4, 0.5) is 0 Å². The number of sulfone groups is 1. The van der Waals surface area contributed by atoms with Gasteiger partial charge in [-0.15, -0.1) is 0 Å². The van der Waals surface area contributed by atoms with Gasteiger partial charge in [-0.1, -0.05) is 27.7 Å². The second-order valence-corrected chi connectivity index (χ2v) is 7.40. The van der Waals surface area contributed by atoms with Crippen molar-refractivity contribution in [1.29, 1.82) is 0 Å². The maximum Gasteiger partial charge on any atom is 0.153 e. The van der Waals surface area contributed by atoms with E-state index in [1.807, 2.05) is 13.8 Å². The molecule has 0 radical (unpaired) electrons. The van der Waals surface area contributed by atoms with Crippen LogP contribution in [0, 0.1) is 17.8 Å². The normalized spacial score (nSPS) is 32.4. The van der Waals surface area contributed by atoms with Crippen LogP contribution in [0.1, 0.15) is 40.5 Å². The summed E-state index contributed by atoms with van der Waals surface area (Å²) in [4.78, 5) is 0. The van der Waals surface area contributed by atoms with Crippen LogP contribution in [0.15, 0.2) is 0 Å². The lowest BCUT2D eigenvalue weighted by Crippen LogP contribution is -2.42. The molecule has 0 saturated carbocycles. The Hall–Kier alpha value is -0.0500. The Labute approximate surface area is 88.0 Å². The van der Waals surface area contributed by atoms with Gasteiger partial charge >= 0.3 is 0 Å². The van der Waals surface area contributed by atoms with Gasteiger partial charge < -0.3 is 0 Å². The number of hydrogen-bond donors (Lipinski definition) is 0. The third-order valence-electron chi connectivity index (χ3n) is 3.32. The molecule has 1 aliphatic rings. The first kappa shape index (κ1) is 12.0. The van der Waals surface area contributed by atoms with Gasteiger partial charge in [-0.3, -0.25) is 0 Å². The van der Waals surface area contributed by atoms with Crippen molar-refractivity contribution in [3.63, 3.8) is 0 Å². The van der Waals surface area contributed by atoms with Crippen molar-refractivity contribution in [1.82, 2.24) is 0 Å². The molecule has 0 aromatic carbocycles. The van der Waals surface area contributed by atoms with Crippen molar-refractivity contribution in [2.75, 3.05) is 5.75 Å². The van der Waals surface area contributed by atoms with Crippen molar-refractivity contribution in [2.24, 2.45) is 17.8 Å². The topological polar surface area (TPSA) is 34.1 Å². The third kappa shape index (κ3) is 2.30. The Balaban J connectivity index is 2.96. The Bertz CT molecular complexity index is 278. The fourth-order valence-electron chi connectivity index (χ4n) is 2.71. The molecule has 1 aliphatic heterocycles. The first-order chi connectivity index (χ1) is 6.36. The van der Waals surface area contributed by atoms with Gasteiger partial charge in [0, 0.05) is 0 Å². The van der Waals surface area contributed by atoms with Crippen molar-refractivity contribution < 1.29 is 8.42 Å². The van der Waals surface area contributed by atoms with E-state index in [1.54, 1.807) is 0 Å². The maximum absolute atomic E-state index is 11.9. The lowest BCUT2D eigenvalue weighted by molar-refractivity contribution is 0.285. The molecule has 2 nitrogen and oxygen atoms in total. The van der Waals surface area contributed by atoms with E-state index in [0.717, 1.165) is 12.8 Å². The molecule has 0 N–H and O–H groups in total. The summed E-state index contributed by atoms with van der Waals surface area (Å²) in [5.74, 6) is 1.51. The molecule has 84 valence electrons. The minimum absolute atomic E-state index is 0.101. The summed E-state index contributed by atoms with van der Waals surface area (Å²) in [6, 6.07) is 0. The van der Waals surface area contributed by atoms with Gasteiger partial charge in [-0.05, 0) is 30.6 Å². The van der Waals surface area contributed by atoms with E-state index in [-0.39, 0.29) is 11.2 Å². The number of hydrogen-bond acceptors (Lipinski definition) is 2. The van der Waals surface area contributed by atoms with Gasteiger partial charge in [0.15, 0.2) is 9.84 Å². The second kappa shape index (κ2) is 4.21. The Morgan fingerprint density at radius 1 is 1.07 bits per heavy atom. The van der Waals surface area contributed by atoms with Crippen LogP contribution >= 0.6 is 0 Å². The van der Waals surface area contributed by atoms with E-state index >= 15 is 0 Å². The van der Waals surface area contributed by atoms with Crippen LogP contribution in [-0.2, 0) is 9.84 Å². The molecule has 1 heterocycles. The quantitative estimate of drug-likeness (QED) is 0.713. The van der Waals surface area contributed by atoms with Crippen LogP contribution in [0.3, 0.4) is 0 Å². The monoisotopic (exact) mass is 218 g/mol. The average Bonchev–Trinajstić information content (AvgIpc) is 2.00. The molecule has 2 unspecified atom stereocenters. The minimum atomic E-state index is -2.82. The van der Waals surface area contributed by atoms with Gasteiger partial charge in [0.05, 0.1) is 11.0 Å². The standard InChI is InChI=1S/C11H22O2S/c1-8(2)10-6-5-7-14(12,13)11(10)9(3)4/h8-11H,5-7H2,1-4H3. The van der Waals surface area contributed by atoms with Gasteiger partial charge in [-0.2, -0.15) is 0 Å². The Morgan fingerprint density at radius 2 is 1.64 bits per heavy atom. The summed E-state index contributed by atoms with van der Waals surface area (Å²) < 4.78 is 23.9. The third-order valence-corrected chi connectivity index (χ3v) is 5.90. The van der Waals surface area contributed by atoms with Crippen molar-refractivity contribution in [3.8, 4) is 0 Å². The van der Waals surface area contributed by atoms with Crippen molar-refractivity contribution in [2.45, 2.75) is 45.8 Å². The summed E-state index contributed by atoms with van der Waals surface area (Å²) in [6.07, 6.45) is 1.94. The van der Waals surface area contributed by atoms with Crippen LogP contribution in [0.25, 0.3) is 0 Å². The number of rotatable bonds is 2. The molecule has 0 amide bonds. The Morgan fingerprint density at radius 3 is 2.00 bits per heavy atom. The molecule has 14 heavy (non-hydrogen) atoms. The van der Waals surface area contributed by atoms with Crippen molar-refractivity contribution in [3.05, 3.63) is 0 Å². The summed E-state index contributed by atoms with van der Waals surface area (Å²) in [7, 11) is -2.82. The first-order valence-electron chi connectivity index (χ1n) is 5.58. The predicted molar refractivity (Wildman–Crippen MR) is 60.0 cm³/mol. The highest BCUT2D eigenvalue weighted by Gasteiger charge is 2.39. The maximum atomic E-state index is 11.9. The van der Waals surface area contributed by atoms with Gasteiger partial charge in [0.2, 0.25) is 0 Å². The zero-order chi connectivity index (χ0) is 10.9. The van der Waals surface area contributed by atoms with E-state index in [0.29, 0.717) is 17.6 Å². The van der Waals surface area contributed by atoms with Crippen LogP contribution < -0.4 is 0 Å². The zero-order valence-corrected chi connectivity index (χ0v) is 10.5. The predicted octanol–water partition coefficient (Wildman–Crippen LogP) is 2.49. The first-order valence-corrected chi connectivity index (χ1v) is 7.29. The second-order valence-electron chi connectivity index (χ2n) is 5.13. The summed E-state index contributed by atoms with van der Waals surface area (Å²) >= 11 is 0. The SMILES string of the molecule is CC(C)C1CCCS(=O)(=O)C1C(C)C. The lowest BCUT2D eigenvalue weighted by atomic mass is 9.83. The zero-order valence-electron chi connectivity index (χ0n) is 9.66. The van der Waals surface area contributed by atoms with Gasteiger partial charge in [0.1, 0.15) is 0 Å². The lowest BCUT2D eigenvalue weighted by Gasteiger charge is -2.36. The molecule has 1 fully saturated rings. The molecule has 1 saturated heterocycles. The van der Waals surface area contributed by atoms with E-state index < -0.39 is 9.84 Å². The minimum Gasteiger partial charge on any atom is -0.229 e. The fraction of sp³-hybridized carbons (Fsp3) is 1.00. The highest BCUT2D eigenvalue weighted by Crippen LogP contribution is 2.35. The molecule has 0 aliphatic carbocycles. The van der Waals surface area contributed by atoms with Crippen LogP contribution in [0.5, 0.6) is 0 Å². The molecule has 0 bridgehead atoms. The molecular weight excluding hydrogens is 196 g/mol. The highest BCUT2D eigenvalue weighted by atomic mass is 32.2. The molecule has 1 rings (SSSR count). The molecule has 0 aromatic rings. The van der Waals surface area contributed by atoms with Crippen LogP contribution in [0.2, 0.25) is 0 Å². The summed E-state index contributed by atoms with van der Waals surface area (Å²) in [5.41, 5.74) is 0. The average molecular weight is 218 g/mol. The van der Waals surface area contributed by atoms with Gasteiger partial charge in [0.25, 0.3) is 0 Å². The molecule has 2 atom stereocenters. The summed E-state index contributed by atoms with van der Waals surface area (Å²) in [5, 5.41) is -0.101. The van der Waals surface area contributed by atoms with Gasteiger partial charge in [-0.25, -0.2) is 8.42 Å². The van der Waals surface area contributed by atoms with Crippen LogP contribution in [-0.4, -0.2) is 19.4 Å². The summed E-state index contributed by atoms with van der Waals surface area (Å²) in [6.45, 7) is 8.34. The molecule has 0 spiro atoms. The fourth-order valence-corrected chi connectivity index (χ4v) is 5.36. The highest BCUT2D eigenvalue weighted by molar-refractivity contribution is 7.92. The smallest absolute Gasteiger partial charge is 0.153 e. The molecule has 0 aromatic heterocycles. The van der Waals surface area contributed by atoms with Crippen molar-refractivity contribution >= 4 is 9.84 Å². The van der Waals surface area contributed by atoms with E-state index in [4.69, 9.17) is 0 Å². The Kier molecular flexibility index (Phi) is 3.62. The molecule has 3 heteroatoms. The van der Waals surface area contributed by atoms with E-state index in [1.165, 1.54) is 0 Å². The molecular formula is C11H22O2S.